The Hall–Kier alpha value is -3.71. The van der Waals surface area contributed by atoms with Gasteiger partial charge in [-0.05, 0) is 37.2 Å². The average molecular weight is 807 g/mol. The number of likely N-dealkylation sites (tertiary alicyclic amines) is 2. The molecule has 0 spiro atoms. The summed E-state index contributed by atoms with van der Waals surface area (Å²) in [5, 5.41) is 0. The van der Waals surface area contributed by atoms with Crippen molar-refractivity contribution in [2.24, 2.45) is 23.7 Å². The average Bonchev–Trinajstić information content (AvgIpc) is 3.54. The van der Waals surface area contributed by atoms with E-state index in [9.17, 15) is 43.2 Å². The van der Waals surface area contributed by atoms with E-state index in [1.165, 1.54) is 4.90 Å². The van der Waals surface area contributed by atoms with Crippen LogP contribution in [0.3, 0.4) is 0 Å². The molecule has 1 radical (unpaired) electrons. The van der Waals surface area contributed by atoms with E-state index in [1.807, 2.05) is 6.92 Å². The fourth-order valence-corrected chi connectivity index (χ4v) is 4.88. The van der Waals surface area contributed by atoms with Crippen LogP contribution in [0.25, 0.3) is 0 Å². The zero-order chi connectivity index (χ0) is 43.5. The Morgan fingerprint density at radius 1 is 0.885 bits per heavy atom. The summed E-state index contributed by atoms with van der Waals surface area (Å²) in [6.07, 6.45) is 4.48. The fraction of sp³-hybridized carbons (Fsp3) is 0.553. The molecule has 2 unspecified atom stereocenters. The van der Waals surface area contributed by atoms with Crippen molar-refractivity contribution < 1.29 is 92.3 Å². The van der Waals surface area contributed by atoms with Crippen molar-refractivity contribution in [1.82, 2.24) is 9.80 Å². The number of Topliss-reactive ketones (excluding diaryl/α,β-unsaturated/α-hetero) is 1. The molecule has 1 aliphatic carbocycles. The summed E-state index contributed by atoms with van der Waals surface area (Å²) in [5.41, 5.74) is 1.25. The van der Waals surface area contributed by atoms with Gasteiger partial charge >= 0.3 is 0 Å². The molecule has 3 fully saturated rings. The number of rotatable bonds is 11. The summed E-state index contributed by atoms with van der Waals surface area (Å²) in [4.78, 5) is 118. The number of ketones is 1. The van der Waals surface area contributed by atoms with Crippen molar-refractivity contribution in [2.75, 3.05) is 13.1 Å². The molecule has 0 N–H and O–H groups in total. The monoisotopic (exact) mass is 806 g/mol. The second-order valence-electron chi connectivity index (χ2n) is 11.7. The Morgan fingerprint density at radius 2 is 1.35 bits per heavy atom. The van der Waals surface area contributed by atoms with Crippen LogP contribution in [0.15, 0.2) is 24.3 Å². The van der Waals surface area contributed by atoms with E-state index in [0.717, 1.165) is 42.9 Å². The standard InChI is InChI=1S/C13H19NO3.C11H12O2.C7H9NO3.C3H6O.C3H5O.CHO.Y/c1-9-6-12(16)14(13(9)17)7-10-2-4-11(8-15)5-3-10;1-2-11(13)7-9-3-5-10(8-12)6-4-9;1-5-4-6(10)8(2-3-9)7(5)11;2*1-2-3-4;1-2;/h8-11H,2-7H2,1H3;3-6,8H,2,7H2,1H3;3,5H,2,4H2,1H3;3H,2H2,1H3;2H2,1H3;1H;/q;;;;2*-1;/i2*8D;2*3D;;1D;. The normalized spacial score (nSPS) is 21.1. The molecular weight excluding hydrogens is 749 g/mol. The number of hydrogen-bond acceptors (Lipinski definition) is 11. The number of aldehydes is 4. The number of amides is 4. The van der Waals surface area contributed by atoms with Gasteiger partial charge in [-0.3, -0.25) is 51.6 Å². The van der Waals surface area contributed by atoms with Crippen molar-refractivity contribution in [3.8, 4) is 0 Å². The quantitative estimate of drug-likeness (QED) is 0.179. The third-order valence-corrected chi connectivity index (χ3v) is 7.77. The number of nitrogens with zero attached hydrogens (tertiary/aromatic N) is 2. The van der Waals surface area contributed by atoms with E-state index < -0.39 is 31.6 Å². The van der Waals surface area contributed by atoms with Crippen LogP contribution in [0.5, 0.6) is 0 Å². The zero-order valence-electron chi connectivity index (χ0n) is 35.6. The molecule has 2 atom stereocenters. The van der Waals surface area contributed by atoms with Gasteiger partial charge in [-0.1, -0.05) is 58.9 Å². The summed E-state index contributed by atoms with van der Waals surface area (Å²) in [6.45, 7) is 9.51. The van der Waals surface area contributed by atoms with Gasteiger partial charge in [0.25, 0.3) is 0 Å². The van der Waals surface area contributed by atoms with Gasteiger partial charge in [0.2, 0.25) is 23.6 Å². The molecule has 1 aromatic carbocycles. The second-order valence-corrected chi connectivity index (χ2v) is 11.7. The van der Waals surface area contributed by atoms with Gasteiger partial charge in [0.15, 0.2) is 0 Å². The van der Waals surface area contributed by atoms with Crippen LogP contribution in [-0.4, -0.2) is 90.4 Å². The van der Waals surface area contributed by atoms with E-state index >= 15 is 0 Å². The molecule has 4 rings (SSSR count). The van der Waals surface area contributed by atoms with Crippen molar-refractivity contribution in [2.45, 2.75) is 98.8 Å². The van der Waals surface area contributed by atoms with Gasteiger partial charge < -0.3 is 24.0 Å². The molecule has 2 heterocycles. The third-order valence-electron chi connectivity index (χ3n) is 7.77. The van der Waals surface area contributed by atoms with E-state index in [1.54, 1.807) is 58.2 Å². The van der Waals surface area contributed by atoms with E-state index in [4.69, 9.17) is 16.4 Å². The van der Waals surface area contributed by atoms with Crippen molar-refractivity contribution >= 4 is 67.5 Å². The molecule has 0 aromatic heterocycles. The minimum atomic E-state index is -0.911. The molecule has 2 aliphatic heterocycles. The van der Waals surface area contributed by atoms with Crippen molar-refractivity contribution in [3.05, 3.63) is 35.4 Å². The molecule has 4 amide bonds. The van der Waals surface area contributed by atoms with Crippen LogP contribution < -0.4 is 0 Å². The van der Waals surface area contributed by atoms with Crippen molar-refractivity contribution in [3.63, 3.8) is 0 Å². The SMILES string of the molecule is CC[C-]=O.[2H]C(=O)C1CCC(CN2C(=O)CC(C)C2=O)CC1.[2H]C(=O)CC.[2H]C(=O)CN1C(=O)CC(C)C1=O.[2H]C(=O)c1ccc(CC(=O)CC)cc1.[2H][C-]=O.[Y]. The molecule has 3 aliphatic rings. The number of carbonyl (C=O) groups excluding carboxylic acids is 11. The molecule has 0 bridgehead atoms. The Bertz CT molecular complexity index is 1520. The largest absolute Gasteiger partial charge is 0.545 e. The predicted molar refractivity (Wildman–Crippen MR) is 188 cm³/mol. The fourth-order valence-electron chi connectivity index (χ4n) is 4.88. The van der Waals surface area contributed by atoms with E-state index in [-0.39, 0.29) is 86.3 Å². The summed E-state index contributed by atoms with van der Waals surface area (Å²) in [6, 6.07) is 6.59. The first-order chi connectivity index (χ1) is 26.2. The summed E-state index contributed by atoms with van der Waals surface area (Å²) in [7, 11) is 0. The predicted octanol–water partition coefficient (Wildman–Crippen LogP) is 3.81. The van der Waals surface area contributed by atoms with Gasteiger partial charge in [-0.15, -0.1) is 0 Å². The molecule has 14 heteroatoms. The maximum atomic E-state index is 11.8. The Morgan fingerprint density at radius 3 is 1.67 bits per heavy atom. The van der Waals surface area contributed by atoms with Crippen LogP contribution in [-0.2, 0) is 87.1 Å². The van der Waals surface area contributed by atoms with Crippen LogP contribution in [0.1, 0.15) is 115 Å². The van der Waals surface area contributed by atoms with Gasteiger partial charge in [0.05, 0.1) is 6.54 Å². The molecule has 13 nitrogen and oxygen atoms in total. The summed E-state index contributed by atoms with van der Waals surface area (Å²) >= 11 is 0. The van der Waals surface area contributed by atoms with E-state index in [0.29, 0.717) is 50.1 Å². The molecule has 2 saturated heterocycles. The number of imide groups is 2. The van der Waals surface area contributed by atoms with Gasteiger partial charge in [0.1, 0.15) is 36.3 Å². The van der Waals surface area contributed by atoms with Crippen LogP contribution in [0.2, 0.25) is 0 Å². The van der Waals surface area contributed by atoms with Crippen LogP contribution >= 0.6 is 0 Å². The minimum absolute atomic E-state index is 0. The Kier molecular flexibility index (Phi) is 26.3. The number of benzene rings is 1. The maximum absolute atomic E-state index is 11.8. The first-order valence-corrected chi connectivity index (χ1v) is 16.7. The first-order valence-electron chi connectivity index (χ1n) is 19.2. The summed E-state index contributed by atoms with van der Waals surface area (Å²) < 4.78 is 32.1. The molecule has 52 heavy (non-hydrogen) atoms. The smallest absolute Gasteiger partial charge is 0.232 e. The minimum Gasteiger partial charge on any atom is -0.545 e. The Balaban J connectivity index is -0.000000675. The molecule has 1 aromatic rings. The first kappa shape index (κ1) is 42.7. The van der Waals surface area contributed by atoms with Gasteiger partial charge in [-0.2, -0.15) is 7.79 Å². The van der Waals surface area contributed by atoms with Gasteiger partial charge in [-0.25, -0.2) is 0 Å². The number of hydrogen-bond donors (Lipinski definition) is 0. The van der Waals surface area contributed by atoms with Crippen LogP contribution in [0, 0.1) is 23.7 Å². The molecule has 285 valence electrons. The molecule has 1 saturated carbocycles. The van der Waals surface area contributed by atoms with Gasteiger partial charge in [0, 0.05) is 94.7 Å². The third kappa shape index (κ3) is 21.0. The van der Waals surface area contributed by atoms with Crippen LogP contribution in [0.4, 0.5) is 0 Å². The van der Waals surface area contributed by atoms with Crippen molar-refractivity contribution in [1.29, 1.82) is 0 Å². The second kappa shape index (κ2) is 32.0. The maximum Gasteiger partial charge on any atom is 0.232 e. The number of carbonyl (C=O) groups is 9. The topological polar surface area (TPSA) is 194 Å². The zero-order valence-corrected chi connectivity index (χ0v) is 33.4. The van der Waals surface area contributed by atoms with E-state index in [2.05, 4.69) is 0 Å². The molecular formula is C38H52N2O11Y-2. The summed E-state index contributed by atoms with van der Waals surface area (Å²) in [5.74, 6) is -0.988. The Labute approximate surface area is 339 Å².